The van der Waals surface area contributed by atoms with Crippen molar-refractivity contribution in [2.45, 2.75) is 26.0 Å². The molecule has 0 aliphatic heterocycles. The number of esters is 1. The second kappa shape index (κ2) is 10.8. The molecule has 154 valence electrons. The molecule has 0 unspecified atom stereocenters. The van der Waals surface area contributed by atoms with Crippen LogP contribution in [0.1, 0.15) is 28.4 Å². The van der Waals surface area contributed by atoms with Gasteiger partial charge in [0, 0.05) is 12.1 Å². The molecule has 0 saturated heterocycles. The molecule has 1 atom stereocenters. The molecule has 0 fully saturated rings. The molecule has 7 nitrogen and oxygen atoms in total. The van der Waals surface area contributed by atoms with Crippen molar-refractivity contribution in [3.05, 3.63) is 71.0 Å². The van der Waals surface area contributed by atoms with Crippen LogP contribution in [0.15, 0.2) is 48.5 Å². The van der Waals surface area contributed by atoms with Crippen LogP contribution in [0.2, 0.25) is 0 Å². The van der Waals surface area contributed by atoms with Gasteiger partial charge >= 0.3 is 12.1 Å². The second-order valence-corrected chi connectivity index (χ2v) is 6.15. The number of carbonyl (C=O) groups excluding carboxylic acids is 3. The monoisotopic (exact) mass is 402 g/mol. The summed E-state index contributed by atoms with van der Waals surface area (Å²) in [4.78, 5) is 36.2. The number of hydrogen-bond acceptors (Lipinski definition) is 5. The number of nitrogens with one attached hydrogen (secondary N) is 2. The first-order valence-electron chi connectivity index (χ1n) is 9.06. The zero-order valence-electron chi connectivity index (χ0n) is 16.2. The number of methoxy groups -OCH3 is 1. The van der Waals surface area contributed by atoms with Crippen LogP contribution >= 0.6 is 0 Å². The molecule has 8 heteroatoms. The van der Waals surface area contributed by atoms with Gasteiger partial charge in [0.15, 0.2) is 0 Å². The van der Waals surface area contributed by atoms with Crippen molar-refractivity contribution in [2.75, 3.05) is 13.7 Å². The Labute approximate surface area is 168 Å². The average Bonchev–Trinajstić information content (AvgIpc) is 2.75. The van der Waals surface area contributed by atoms with E-state index in [1.807, 2.05) is 18.2 Å². The standard InChI is InChI=1S/C21H23FN2O5/c1-3-15-11-16(9-10-17(15)22)19(25)23-12-18(20(26)28-2)24-21(27)29-13-14-7-5-4-6-8-14/h4-11,18H,3,12-13H2,1-2H3,(H,23,25)(H,24,27)/t18-/m1/s1. The Morgan fingerprint density at radius 2 is 1.83 bits per heavy atom. The summed E-state index contributed by atoms with van der Waals surface area (Å²) in [5, 5.41) is 4.90. The zero-order chi connectivity index (χ0) is 21.2. The molecule has 0 aliphatic carbocycles. The highest BCUT2D eigenvalue weighted by Gasteiger charge is 2.23. The van der Waals surface area contributed by atoms with Crippen LogP contribution in [0.5, 0.6) is 0 Å². The molecule has 2 aromatic rings. The van der Waals surface area contributed by atoms with Gasteiger partial charge in [-0.25, -0.2) is 14.0 Å². The zero-order valence-corrected chi connectivity index (χ0v) is 16.2. The largest absolute Gasteiger partial charge is 0.467 e. The Balaban J connectivity index is 1.93. The van der Waals surface area contributed by atoms with Crippen molar-refractivity contribution < 1.29 is 28.2 Å². The van der Waals surface area contributed by atoms with Crippen LogP contribution in [0.3, 0.4) is 0 Å². The lowest BCUT2D eigenvalue weighted by atomic mass is 10.1. The topological polar surface area (TPSA) is 93.7 Å². The number of carbonyl (C=O) groups is 3. The molecule has 2 rings (SSSR count). The Morgan fingerprint density at radius 3 is 2.48 bits per heavy atom. The average molecular weight is 402 g/mol. The normalized spacial score (nSPS) is 11.3. The number of alkyl carbamates (subject to hydrolysis) is 1. The molecule has 0 spiro atoms. The molecule has 0 saturated carbocycles. The first kappa shape index (κ1) is 21.9. The molecule has 0 aromatic heterocycles. The van der Waals surface area contributed by atoms with Gasteiger partial charge in [0.2, 0.25) is 0 Å². The van der Waals surface area contributed by atoms with Gasteiger partial charge in [0.1, 0.15) is 18.5 Å². The van der Waals surface area contributed by atoms with Crippen LogP contribution in [-0.2, 0) is 27.3 Å². The van der Waals surface area contributed by atoms with Crippen LogP contribution in [-0.4, -0.2) is 37.7 Å². The summed E-state index contributed by atoms with van der Waals surface area (Å²) >= 11 is 0. The van der Waals surface area contributed by atoms with Crippen LogP contribution < -0.4 is 10.6 Å². The van der Waals surface area contributed by atoms with E-state index in [1.54, 1.807) is 19.1 Å². The first-order valence-corrected chi connectivity index (χ1v) is 9.06. The van der Waals surface area contributed by atoms with Crippen LogP contribution in [0, 0.1) is 5.82 Å². The van der Waals surface area contributed by atoms with Crippen molar-refractivity contribution in [1.82, 2.24) is 10.6 Å². The van der Waals surface area contributed by atoms with E-state index in [0.717, 1.165) is 5.56 Å². The smallest absolute Gasteiger partial charge is 0.408 e. The van der Waals surface area contributed by atoms with E-state index >= 15 is 0 Å². The maximum Gasteiger partial charge on any atom is 0.408 e. The van der Waals surface area contributed by atoms with Crippen molar-refractivity contribution in [3.8, 4) is 0 Å². The maximum absolute atomic E-state index is 13.6. The molecule has 2 N–H and O–H groups in total. The van der Waals surface area contributed by atoms with Crippen molar-refractivity contribution in [2.24, 2.45) is 0 Å². The fourth-order valence-corrected chi connectivity index (χ4v) is 2.53. The molecule has 0 radical (unpaired) electrons. The minimum atomic E-state index is -1.14. The van der Waals surface area contributed by atoms with Crippen molar-refractivity contribution in [1.29, 1.82) is 0 Å². The summed E-state index contributed by atoms with van der Waals surface area (Å²) in [6, 6.07) is 11.9. The Morgan fingerprint density at radius 1 is 1.10 bits per heavy atom. The van der Waals surface area contributed by atoms with Gasteiger partial charge < -0.3 is 20.1 Å². The minimum Gasteiger partial charge on any atom is -0.467 e. The minimum absolute atomic E-state index is 0.0301. The van der Waals surface area contributed by atoms with Gasteiger partial charge in [-0.15, -0.1) is 0 Å². The van der Waals surface area contributed by atoms with E-state index in [9.17, 15) is 18.8 Å². The SMILES string of the molecule is CCc1cc(C(=O)NC[C@@H](NC(=O)OCc2ccccc2)C(=O)OC)ccc1F. The second-order valence-electron chi connectivity index (χ2n) is 6.15. The van der Waals surface area contributed by atoms with Crippen LogP contribution in [0.4, 0.5) is 9.18 Å². The van der Waals surface area contributed by atoms with Gasteiger partial charge in [-0.2, -0.15) is 0 Å². The lowest BCUT2D eigenvalue weighted by Crippen LogP contribution is -2.49. The number of ether oxygens (including phenoxy) is 2. The Bertz CT molecular complexity index is 857. The summed E-state index contributed by atoms with van der Waals surface area (Å²) in [5.74, 6) is -1.64. The van der Waals surface area contributed by atoms with E-state index in [-0.39, 0.29) is 24.5 Å². The molecular formula is C21H23FN2O5. The number of halogens is 1. The van der Waals surface area contributed by atoms with E-state index in [1.165, 1.54) is 25.3 Å². The number of rotatable bonds is 8. The predicted molar refractivity (Wildman–Crippen MR) is 104 cm³/mol. The van der Waals surface area contributed by atoms with Gasteiger partial charge in [0.25, 0.3) is 5.91 Å². The van der Waals surface area contributed by atoms with Crippen molar-refractivity contribution in [3.63, 3.8) is 0 Å². The maximum atomic E-state index is 13.6. The molecule has 0 heterocycles. The number of benzene rings is 2. The lowest BCUT2D eigenvalue weighted by molar-refractivity contribution is -0.142. The quantitative estimate of drug-likeness (QED) is 0.662. The fraction of sp³-hybridized carbons (Fsp3) is 0.286. The first-order chi connectivity index (χ1) is 13.9. The summed E-state index contributed by atoms with van der Waals surface area (Å²) in [6.45, 7) is 1.59. The highest BCUT2D eigenvalue weighted by Crippen LogP contribution is 2.11. The molecule has 2 aromatic carbocycles. The molecule has 29 heavy (non-hydrogen) atoms. The summed E-state index contributed by atoms with van der Waals surface area (Å²) in [7, 11) is 1.17. The molecular weight excluding hydrogens is 379 g/mol. The molecule has 0 bridgehead atoms. The molecule has 2 amide bonds. The molecule has 0 aliphatic rings. The summed E-state index contributed by atoms with van der Waals surface area (Å²) in [5.41, 5.74) is 1.44. The van der Waals surface area contributed by atoms with Gasteiger partial charge in [0.05, 0.1) is 7.11 Å². The van der Waals surface area contributed by atoms with E-state index in [2.05, 4.69) is 15.4 Å². The van der Waals surface area contributed by atoms with Gasteiger partial charge in [-0.3, -0.25) is 4.79 Å². The van der Waals surface area contributed by atoms with E-state index < -0.39 is 24.0 Å². The highest BCUT2D eigenvalue weighted by molar-refractivity contribution is 5.95. The lowest BCUT2D eigenvalue weighted by Gasteiger charge is -2.17. The third kappa shape index (κ3) is 6.60. The van der Waals surface area contributed by atoms with Gasteiger partial charge in [-0.05, 0) is 35.7 Å². The van der Waals surface area contributed by atoms with Crippen LogP contribution in [0.25, 0.3) is 0 Å². The number of hydrogen-bond donors (Lipinski definition) is 2. The third-order valence-corrected chi connectivity index (χ3v) is 4.15. The highest BCUT2D eigenvalue weighted by atomic mass is 19.1. The van der Waals surface area contributed by atoms with E-state index in [0.29, 0.717) is 12.0 Å². The number of aryl methyl sites for hydroxylation is 1. The fourth-order valence-electron chi connectivity index (χ4n) is 2.53. The van der Waals surface area contributed by atoms with Crippen molar-refractivity contribution >= 4 is 18.0 Å². The summed E-state index contributed by atoms with van der Waals surface area (Å²) in [6.07, 6.45) is -0.388. The Kier molecular flexibility index (Phi) is 8.14. The third-order valence-electron chi connectivity index (χ3n) is 4.15. The number of amides is 2. The summed E-state index contributed by atoms with van der Waals surface area (Å²) < 4.78 is 23.3. The van der Waals surface area contributed by atoms with Gasteiger partial charge in [-0.1, -0.05) is 37.3 Å². The predicted octanol–water partition coefficient (Wildman–Crippen LogP) is 2.59. The Hall–Kier alpha value is -3.42. The van der Waals surface area contributed by atoms with E-state index in [4.69, 9.17) is 4.74 Å².